The van der Waals surface area contributed by atoms with Crippen molar-refractivity contribution in [2.45, 2.75) is 4.21 Å². The van der Waals surface area contributed by atoms with Gasteiger partial charge in [-0.2, -0.15) is 0 Å². The second-order valence-corrected chi connectivity index (χ2v) is 2.22. The van der Waals surface area contributed by atoms with E-state index in [-0.39, 0.29) is 0 Å². The fourth-order valence-electron chi connectivity index (χ4n) is 0.158. The van der Waals surface area contributed by atoms with Crippen LogP contribution in [0.25, 0.3) is 0 Å². The van der Waals surface area contributed by atoms with Crippen molar-refractivity contribution in [2.75, 3.05) is 0 Å². The third-order valence-corrected chi connectivity index (χ3v) is 1.13. The molecule has 0 bridgehead atoms. The van der Waals surface area contributed by atoms with E-state index < -0.39 is 0 Å². The Morgan fingerprint density at radius 2 is 2.67 bits per heavy atom. The Morgan fingerprint density at radius 3 is 2.83 bits per heavy atom. The van der Waals surface area contributed by atoms with E-state index in [2.05, 4.69) is 22.2 Å². The normalized spacial score (nSPS) is 8.67. The van der Waals surface area contributed by atoms with Crippen LogP contribution in [0.2, 0.25) is 0 Å². The molecule has 0 saturated carbocycles. The lowest BCUT2D eigenvalue weighted by Gasteiger charge is -1.56. The molecule has 0 aliphatic carbocycles. The quantitative estimate of drug-likeness (QED) is 0.508. The minimum atomic E-state index is 0.745. The third-order valence-electron chi connectivity index (χ3n) is 0.341. The maximum Gasteiger partial charge on any atom is 0.131 e. The first-order valence-electron chi connectivity index (χ1n) is 1.34. The van der Waals surface area contributed by atoms with Crippen molar-refractivity contribution < 1.29 is 0 Å². The lowest BCUT2D eigenvalue weighted by molar-refractivity contribution is 1.15. The molecule has 0 saturated heterocycles. The van der Waals surface area contributed by atoms with Crippen LogP contribution < -0.4 is 0 Å². The van der Waals surface area contributed by atoms with Crippen LogP contribution in [0, 0.1) is 0 Å². The SMILES string of the molecule is [S]c1cnns1. The largest absolute Gasteiger partial charge is 0.145 e. The van der Waals surface area contributed by atoms with Gasteiger partial charge in [-0.25, -0.2) is 0 Å². The average Bonchev–Trinajstić information content (AvgIpc) is 1.86. The Balaban J connectivity index is 3.05. The smallest absolute Gasteiger partial charge is 0.131 e. The van der Waals surface area contributed by atoms with Gasteiger partial charge in [-0.1, -0.05) is 17.1 Å². The maximum atomic E-state index is 4.64. The molecule has 0 atom stereocenters. The molecule has 0 unspecified atom stereocenters. The summed E-state index contributed by atoms with van der Waals surface area (Å²) in [4.78, 5) is 0. The molecule has 1 aromatic rings. The van der Waals surface area contributed by atoms with Gasteiger partial charge in [-0.3, -0.25) is 0 Å². The van der Waals surface area contributed by atoms with Gasteiger partial charge in [0.1, 0.15) is 4.21 Å². The minimum absolute atomic E-state index is 0.745. The van der Waals surface area contributed by atoms with Crippen LogP contribution >= 0.6 is 24.2 Å². The Morgan fingerprint density at radius 1 is 1.83 bits per heavy atom. The van der Waals surface area contributed by atoms with Crippen LogP contribution in [-0.4, -0.2) is 9.59 Å². The van der Waals surface area contributed by atoms with E-state index in [0.29, 0.717) is 0 Å². The molecule has 0 spiro atoms. The van der Waals surface area contributed by atoms with Gasteiger partial charge in [0, 0.05) is 0 Å². The van der Waals surface area contributed by atoms with Crippen LogP contribution in [0.15, 0.2) is 10.4 Å². The van der Waals surface area contributed by atoms with Gasteiger partial charge >= 0.3 is 0 Å². The van der Waals surface area contributed by atoms with Crippen molar-refractivity contribution in [3.8, 4) is 0 Å². The zero-order valence-electron chi connectivity index (χ0n) is 2.79. The van der Waals surface area contributed by atoms with Gasteiger partial charge in [0.15, 0.2) is 0 Å². The van der Waals surface area contributed by atoms with Crippen molar-refractivity contribution in [1.29, 1.82) is 0 Å². The minimum Gasteiger partial charge on any atom is -0.145 e. The molecule has 4 heteroatoms. The molecule has 31 valence electrons. The number of nitrogens with zero attached hydrogens (tertiary/aromatic N) is 2. The van der Waals surface area contributed by atoms with Gasteiger partial charge in [-0.05, 0) is 11.5 Å². The summed E-state index contributed by atoms with van der Waals surface area (Å²) in [7, 11) is 0. The fourth-order valence-corrected chi connectivity index (χ4v) is 0.574. The van der Waals surface area contributed by atoms with Crippen LogP contribution in [0.3, 0.4) is 0 Å². The first kappa shape index (κ1) is 3.95. The third kappa shape index (κ3) is 0.636. The molecular weight excluding hydrogens is 116 g/mol. The maximum absolute atomic E-state index is 4.64. The van der Waals surface area contributed by atoms with E-state index in [1.54, 1.807) is 6.20 Å². The summed E-state index contributed by atoms with van der Waals surface area (Å²) in [5, 5.41) is 3.49. The predicted molar refractivity (Wildman–Crippen MR) is 25.8 cm³/mol. The van der Waals surface area contributed by atoms with Crippen molar-refractivity contribution in [1.82, 2.24) is 9.59 Å². The van der Waals surface area contributed by atoms with Crippen LogP contribution in [0.1, 0.15) is 0 Å². The summed E-state index contributed by atoms with van der Waals surface area (Å²) in [5.41, 5.74) is 0. The highest BCUT2D eigenvalue weighted by atomic mass is 32.2. The number of hydrogen-bond acceptors (Lipinski definition) is 3. The van der Waals surface area contributed by atoms with E-state index in [1.165, 1.54) is 11.5 Å². The zero-order chi connectivity index (χ0) is 4.41. The molecule has 0 amide bonds. The summed E-state index contributed by atoms with van der Waals surface area (Å²) >= 11 is 5.87. The standard InChI is InChI=1S/C2HN2S2/c5-2-1-3-4-6-2/h1H. The van der Waals surface area contributed by atoms with Gasteiger partial charge < -0.3 is 0 Å². The molecule has 1 rings (SSSR count). The zero-order valence-corrected chi connectivity index (χ0v) is 4.42. The van der Waals surface area contributed by atoms with E-state index in [1.807, 2.05) is 0 Å². The number of hydrogen-bond donors (Lipinski definition) is 0. The molecular formula is C2HN2S2. The van der Waals surface area contributed by atoms with Crippen molar-refractivity contribution >= 4 is 24.2 Å². The first-order valence-corrected chi connectivity index (χ1v) is 2.52. The molecule has 0 aromatic carbocycles. The average molecular weight is 117 g/mol. The summed E-state index contributed by atoms with van der Waals surface area (Å²) in [6.07, 6.45) is 1.56. The molecule has 1 heterocycles. The molecule has 1 aromatic heterocycles. The van der Waals surface area contributed by atoms with Crippen molar-refractivity contribution in [3.05, 3.63) is 6.20 Å². The lowest BCUT2D eigenvalue weighted by atomic mass is 11.0. The summed E-state index contributed by atoms with van der Waals surface area (Å²) in [6.45, 7) is 0. The van der Waals surface area contributed by atoms with Gasteiger partial charge in [-0.15, -0.1) is 5.10 Å². The highest BCUT2D eigenvalue weighted by molar-refractivity contribution is 7.82. The number of aromatic nitrogens is 2. The van der Waals surface area contributed by atoms with E-state index in [9.17, 15) is 0 Å². The van der Waals surface area contributed by atoms with E-state index in [0.717, 1.165) is 4.21 Å². The monoisotopic (exact) mass is 117 g/mol. The van der Waals surface area contributed by atoms with Gasteiger partial charge in [0.25, 0.3) is 0 Å². The summed E-state index contributed by atoms with van der Waals surface area (Å²) in [6, 6.07) is 0. The molecule has 0 aliphatic heterocycles. The fraction of sp³-hybridized carbons (Fsp3) is 0. The van der Waals surface area contributed by atoms with Crippen molar-refractivity contribution in [2.24, 2.45) is 0 Å². The Bertz CT molecular complexity index is 113. The second kappa shape index (κ2) is 1.49. The summed E-state index contributed by atoms with van der Waals surface area (Å²) < 4.78 is 4.25. The van der Waals surface area contributed by atoms with E-state index in [4.69, 9.17) is 0 Å². The molecule has 0 aliphatic rings. The van der Waals surface area contributed by atoms with Crippen LogP contribution in [-0.2, 0) is 0 Å². The molecule has 0 N–H and O–H groups in total. The molecule has 0 fully saturated rings. The van der Waals surface area contributed by atoms with Crippen molar-refractivity contribution in [3.63, 3.8) is 0 Å². The molecule has 6 heavy (non-hydrogen) atoms. The topological polar surface area (TPSA) is 25.8 Å². The summed E-state index contributed by atoms with van der Waals surface area (Å²) in [5.74, 6) is 0. The molecule has 1 radical (unpaired) electrons. The highest BCUT2D eigenvalue weighted by Gasteiger charge is 1.81. The lowest BCUT2D eigenvalue weighted by Crippen LogP contribution is -1.51. The van der Waals surface area contributed by atoms with Crippen LogP contribution in [0.5, 0.6) is 0 Å². The highest BCUT2D eigenvalue weighted by Crippen LogP contribution is 2.04. The second-order valence-electron chi connectivity index (χ2n) is 0.737. The van der Waals surface area contributed by atoms with Crippen LogP contribution in [0.4, 0.5) is 0 Å². The Labute approximate surface area is 44.8 Å². The molecule has 2 nitrogen and oxygen atoms in total. The number of rotatable bonds is 0. The van der Waals surface area contributed by atoms with Gasteiger partial charge in [0.05, 0.1) is 6.20 Å². The Hall–Kier alpha value is -0.220. The Kier molecular flexibility index (Phi) is 0.979. The van der Waals surface area contributed by atoms with E-state index >= 15 is 0 Å². The predicted octanol–water partition coefficient (Wildman–Crippen LogP) is 1.09. The van der Waals surface area contributed by atoms with Gasteiger partial charge in [0.2, 0.25) is 0 Å². The first-order chi connectivity index (χ1) is 2.89.